The number of aromatic nitrogens is 2. The number of hydrogen-bond donors (Lipinski definition) is 3. The minimum atomic E-state index is -0.503. The van der Waals surface area contributed by atoms with Gasteiger partial charge in [0, 0.05) is 13.2 Å². The number of rotatable bonds is 5. The van der Waals surface area contributed by atoms with Crippen LogP contribution in [0.25, 0.3) is 0 Å². The largest absolute Gasteiger partial charge is 0.383 e. The Labute approximate surface area is 110 Å². The van der Waals surface area contributed by atoms with Gasteiger partial charge < -0.3 is 15.8 Å². The molecule has 0 radical (unpaired) electrons. The van der Waals surface area contributed by atoms with Crippen LogP contribution in [-0.4, -0.2) is 29.3 Å². The zero-order chi connectivity index (χ0) is 13.8. The van der Waals surface area contributed by atoms with Gasteiger partial charge in [-0.15, -0.1) is 0 Å². The number of ether oxygens (including phenoxy) is 1. The maximum atomic E-state index is 11.8. The van der Waals surface area contributed by atoms with Crippen molar-refractivity contribution in [2.75, 3.05) is 24.8 Å². The molecule has 19 heavy (non-hydrogen) atoms. The zero-order valence-corrected chi connectivity index (χ0v) is 11.1. The fourth-order valence-electron chi connectivity index (χ4n) is 2.41. The van der Waals surface area contributed by atoms with Crippen LogP contribution in [-0.2, 0) is 11.3 Å². The molecule has 0 aromatic carbocycles. The highest BCUT2D eigenvalue weighted by molar-refractivity contribution is 5.60. The molecule has 1 fully saturated rings. The molecule has 7 heteroatoms. The Morgan fingerprint density at radius 2 is 2.11 bits per heavy atom. The van der Waals surface area contributed by atoms with Crippen molar-refractivity contribution >= 4 is 11.5 Å². The van der Waals surface area contributed by atoms with E-state index in [9.17, 15) is 9.59 Å². The van der Waals surface area contributed by atoms with Gasteiger partial charge >= 0.3 is 5.69 Å². The molecule has 0 spiro atoms. The van der Waals surface area contributed by atoms with Gasteiger partial charge in [-0.2, -0.15) is 0 Å². The smallest absolute Gasteiger partial charge is 0.330 e. The average molecular weight is 268 g/mol. The first-order valence-corrected chi connectivity index (χ1v) is 6.51. The molecule has 0 atom stereocenters. The summed E-state index contributed by atoms with van der Waals surface area (Å²) in [5.41, 5.74) is 5.26. The predicted molar refractivity (Wildman–Crippen MR) is 73.5 cm³/mol. The summed E-state index contributed by atoms with van der Waals surface area (Å²) in [6, 6.07) is 0.261. The van der Waals surface area contributed by atoms with Crippen LogP contribution in [0.2, 0.25) is 0 Å². The first-order chi connectivity index (χ1) is 9.13. The van der Waals surface area contributed by atoms with Crippen LogP contribution in [0.15, 0.2) is 9.59 Å². The molecule has 1 aromatic heterocycles. The fourth-order valence-corrected chi connectivity index (χ4v) is 2.41. The van der Waals surface area contributed by atoms with Crippen molar-refractivity contribution < 1.29 is 4.74 Å². The van der Waals surface area contributed by atoms with E-state index in [2.05, 4.69) is 10.3 Å². The summed E-state index contributed by atoms with van der Waals surface area (Å²) in [6.45, 7) is 0.677. The van der Waals surface area contributed by atoms with E-state index in [0.29, 0.717) is 18.8 Å². The van der Waals surface area contributed by atoms with Crippen LogP contribution < -0.4 is 22.3 Å². The van der Waals surface area contributed by atoms with Crippen LogP contribution in [0.4, 0.5) is 11.5 Å². The maximum Gasteiger partial charge on any atom is 0.330 e. The first kappa shape index (κ1) is 13.7. The van der Waals surface area contributed by atoms with E-state index in [4.69, 9.17) is 10.5 Å². The Morgan fingerprint density at radius 1 is 1.42 bits per heavy atom. The summed E-state index contributed by atoms with van der Waals surface area (Å²) in [7, 11) is 1.55. The number of nitrogens with zero attached hydrogens (tertiary/aromatic N) is 1. The molecule has 2 rings (SSSR count). The van der Waals surface area contributed by atoms with Crippen molar-refractivity contribution in [1.29, 1.82) is 0 Å². The van der Waals surface area contributed by atoms with Gasteiger partial charge in [0.2, 0.25) is 0 Å². The average Bonchev–Trinajstić information content (AvgIpc) is 2.87. The van der Waals surface area contributed by atoms with Crippen molar-refractivity contribution in [1.82, 2.24) is 9.55 Å². The Balaban J connectivity index is 2.30. The second-order valence-corrected chi connectivity index (χ2v) is 4.79. The number of anilines is 2. The first-order valence-electron chi connectivity index (χ1n) is 6.51. The summed E-state index contributed by atoms with van der Waals surface area (Å²) in [6.07, 6.45) is 4.35. The quantitative estimate of drug-likeness (QED) is 0.704. The van der Waals surface area contributed by atoms with Gasteiger partial charge in [-0.1, -0.05) is 12.8 Å². The molecule has 106 valence electrons. The van der Waals surface area contributed by atoms with Crippen molar-refractivity contribution in [3.8, 4) is 0 Å². The van der Waals surface area contributed by atoms with E-state index >= 15 is 0 Å². The number of nitrogens with two attached hydrogens (primary N) is 1. The molecule has 1 heterocycles. The van der Waals surface area contributed by atoms with Crippen LogP contribution >= 0.6 is 0 Å². The van der Waals surface area contributed by atoms with E-state index in [0.717, 1.165) is 25.7 Å². The highest BCUT2D eigenvalue weighted by atomic mass is 16.5. The summed E-state index contributed by atoms with van der Waals surface area (Å²) in [5, 5.41) is 3.15. The zero-order valence-electron chi connectivity index (χ0n) is 11.1. The third-order valence-corrected chi connectivity index (χ3v) is 3.46. The minimum Gasteiger partial charge on any atom is -0.383 e. The Hall–Kier alpha value is -1.76. The summed E-state index contributed by atoms with van der Waals surface area (Å²) < 4.78 is 6.25. The van der Waals surface area contributed by atoms with E-state index in [1.54, 1.807) is 7.11 Å². The van der Waals surface area contributed by atoms with Gasteiger partial charge in [-0.3, -0.25) is 14.3 Å². The second-order valence-electron chi connectivity index (χ2n) is 4.79. The van der Waals surface area contributed by atoms with E-state index in [1.165, 1.54) is 4.57 Å². The number of hydrogen-bond acceptors (Lipinski definition) is 5. The van der Waals surface area contributed by atoms with E-state index in [-0.39, 0.29) is 11.9 Å². The van der Waals surface area contributed by atoms with Gasteiger partial charge in [0.1, 0.15) is 11.5 Å². The van der Waals surface area contributed by atoms with Crippen LogP contribution in [0, 0.1) is 0 Å². The third-order valence-electron chi connectivity index (χ3n) is 3.46. The highest BCUT2D eigenvalue weighted by Gasteiger charge is 2.19. The lowest BCUT2D eigenvalue weighted by Gasteiger charge is -2.17. The Kier molecular flexibility index (Phi) is 4.26. The van der Waals surface area contributed by atoms with Crippen LogP contribution in [0.5, 0.6) is 0 Å². The molecular formula is C12H20N4O3. The molecule has 1 aliphatic rings. The van der Waals surface area contributed by atoms with Crippen molar-refractivity contribution in [2.45, 2.75) is 38.3 Å². The van der Waals surface area contributed by atoms with Gasteiger partial charge in [0.25, 0.3) is 5.56 Å². The lowest BCUT2D eigenvalue weighted by Crippen LogP contribution is -2.36. The lowest BCUT2D eigenvalue weighted by molar-refractivity contribution is 0.186. The molecule has 0 saturated heterocycles. The highest BCUT2D eigenvalue weighted by Crippen LogP contribution is 2.22. The number of nitrogen functional groups attached to an aromatic ring is 1. The lowest BCUT2D eigenvalue weighted by atomic mass is 10.2. The molecule has 0 aliphatic heterocycles. The molecule has 1 aromatic rings. The maximum absolute atomic E-state index is 11.8. The van der Waals surface area contributed by atoms with Crippen molar-refractivity contribution in [3.63, 3.8) is 0 Å². The molecule has 0 amide bonds. The van der Waals surface area contributed by atoms with Crippen LogP contribution in [0.3, 0.4) is 0 Å². The SMILES string of the molecule is COCCn1c(N)c(NC2CCCC2)c(=O)[nH]c1=O. The van der Waals surface area contributed by atoms with Gasteiger partial charge in [0.05, 0.1) is 13.2 Å². The number of aromatic amines is 1. The normalized spacial score (nSPS) is 15.8. The molecular weight excluding hydrogens is 248 g/mol. The molecule has 1 saturated carbocycles. The fraction of sp³-hybridized carbons (Fsp3) is 0.667. The molecule has 4 N–H and O–H groups in total. The van der Waals surface area contributed by atoms with Gasteiger partial charge in [-0.25, -0.2) is 4.79 Å². The van der Waals surface area contributed by atoms with E-state index in [1.807, 2.05) is 0 Å². The van der Waals surface area contributed by atoms with E-state index < -0.39 is 11.2 Å². The Morgan fingerprint density at radius 3 is 2.74 bits per heavy atom. The Bertz CT molecular complexity index is 543. The number of methoxy groups -OCH3 is 1. The van der Waals surface area contributed by atoms with Crippen molar-refractivity contribution in [3.05, 3.63) is 20.8 Å². The number of nitrogens with one attached hydrogen (secondary N) is 2. The van der Waals surface area contributed by atoms with Gasteiger partial charge in [0.15, 0.2) is 0 Å². The van der Waals surface area contributed by atoms with Gasteiger partial charge in [-0.05, 0) is 12.8 Å². The third kappa shape index (κ3) is 2.98. The van der Waals surface area contributed by atoms with Crippen molar-refractivity contribution in [2.24, 2.45) is 0 Å². The summed E-state index contributed by atoms with van der Waals surface area (Å²) >= 11 is 0. The monoisotopic (exact) mass is 268 g/mol. The molecule has 1 aliphatic carbocycles. The summed E-state index contributed by atoms with van der Waals surface area (Å²) in [5.74, 6) is 0.178. The summed E-state index contributed by atoms with van der Waals surface area (Å²) in [4.78, 5) is 25.8. The second kappa shape index (κ2) is 5.92. The molecule has 0 unspecified atom stereocenters. The minimum absolute atomic E-state index is 0.178. The van der Waals surface area contributed by atoms with Crippen LogP contribution in [0.1, 0.15) is 25.7 Å². The number of H-pyrrole nitrogens is 1. The molecule has 7 nitrogen and oxygen atoms in total. The topological polar surface area (TPSA) is 102 Å². The standard InChI is InChI=1S/C12H20N4O3/c1-19-7-6-16-10(13)9(11(17)15-12(16)18)14-8-4-2-3-5-8/h8,14H,2-7,13H2,1H3,(H,15,17,18). The molecule has 0 bridgehead atoms. The predicted octanol–water partition coefficient (Wildman–Crippen LogP) is 0.120.